The van der Waals surface area contributed by atoms with E-state index in [4.69, 9.17) is 32.7 Å². The average Bonchev–Trinajstić information content (AvgIpc) is 3.28. The van der Waals surface area contributed by atoms with Gasteiger partial charge < -0.3 is 23.9 Å². The number of esters is 1. The number of anilines is 1. The van der Waals surface area contributed by atoms with Gasteiger partial charge in [0.25, 0.3) is 5.56 Å². The van der Waals surface area contributed by atoms with E-state index in [0.29, 0.717) is 27.0 Å². The van der Waals surface area contributed by atoms with E-state index >= 15 is 0 Å². The summed E-state index contributed by atoms with van der Waals surface area (Å²) in [6, 6.07) is 15.4. The minimum Gasteiger partial charge on any atom is -0.497 e. The van der Waals surface area contributed by atoms with Crippen molar-refractivity contribution in [2.45, 2.75) is 39.4 Å². The van der Waals surface area contributed by atoms with Gasteiger partial charge in [-0.05, 0) is 78.2 Å². The van der Waals surface area contributed by atoms with Crippen LogP contribution < -0.4 is 15.6 Å². The van der Waals surface area contributed by atoms with Crippen molar-refractivity contribution in [3.63, 3.8) is 0 Å². The van der Waals surface area contributed by atoms with Crippen LogP contribution in [0.25, 0.3) is 0 Å². The largest absolute Gasteiger partial charge is 0.497 e. The van der Waals surface area contributed by atoms with E-state index in [-0.39, 0.29) is 29.6 Å². The molecule has 8 nitrogen and oxygen atoms in total. The molecule has 0 fully saturated rings. The van der Waals surface area contributed by atoms with Crippen molar-refractivity contribution in [2.24, 2.45) is 0 Å². The van der Waals surface area contributed by atoms with Crippen LogP contribution in [0.4, 0.5) is 5.69 Å². The third kappa shape index (κ3) is 6.54. The van der Waals surface area contributed by atoms with E-state index in [1.807, 2.05) is 54.8 Å². The van der Waals surface area contributed by atoms with Crippen LogP contribution in [0.5, 0.6) is 5.75 Å². The number of imidazole rings is 1. The van der Waals surface area contributed by atoms with E-state index in [2.05, 4.69) is 26.2 Å². The smallest absolute Gasteiger partial charge is 0.358 e. The van der Waals surface area contributed by atoms with Crippen molar-refractivity contribution >= 4 is 50.8 Å². The molecular formula is C29H29BrCl2N4O4. The summed E-state index contributed by atoms with van der Waals surface area (Å²) in [6.07, 6.45) is 1.59. The van der Waals surface area contributed by atoms with Crippen LogP contribution in [0.3, 0.4) is 0 Å². The molecule has 0 aliphatic heterocycles. The highest BCUT2D eigenvalue weighted by atomic mass is 79.9. The summed E-state index contributed by atoms with van der Waals surface area (Å²) in [5, 5.41) is 4.28. The van der Waals surface area contributed by atoms with Crippen molar-refractivity contribution in [3.05, 3.63) is 108 Å². The summed E-state index contributed by atoms with van der Waals surface area (Å²) in [4.78, 5) is 31.3. The molecular weight excluding hydrogens is 619 g/mol. The zero-order chi connectivity index (χ0) is 29.0. The molecule has 0 aliphatic rings. The molecule has 0 amide bonds. The number of pyridine rings is 1. The van der Waals surface area contributed by atoms with Crippen LogP contribution in [-0.2, 0) is 11.3 Å². The number of halogens is 3. The molecule has 2 aromatic carbocycles. The maximum absolute atomic E-state index is 13.7. The van der Waals surface area contributed by atoms with Gasteiger partial charge in [-0.1, -0.05) is 47.5 Å². The van der Waals surface area contributed by atoms with Crippen molar-refractivity contribution in [3.8, 4) is 5.75 Å². The predicted octanol–water partition coefficient (Wildman–Crippen LogP) is 7.13. The zero-order valence-electron chi connectivity index (χ0n) is 22.5. The van der Waals surface area contributed by atoms with Gasteiger partial charge in [0.05, 0.1) is 37.0 Å². The van der Waals surface area contributed by atoms with E-state index in [9.17, 15) is 9.59 Å². The van der Waals surface area contributed by atoms with Crippen LogP contribution in [0.2, 0.25) is 10.0 Å². The molecule has 0 saturated carbocycles. The van der Waals surface area contributed by atoms with Crippen LogP contribution in [0.1, 0.15) is 60.2 Å². The van der Waals surface area contributed by atoms with Gasteiger partial charge in [0, 0.05) is 17.3 Å². The molecule has 1 N–H and O–H groups in total. The normalized spacial score (nSPS) is 11.9. The third-order valence-electron chi connectivity index (χ3n) is 6.23. The molecule has 0 bridgehead atoms. The lowest BCUT2D eigenvalue weighted by Crippen LogP contribution is -2.28. The number of hydrogen-bond acceptors (Lipinski definition) is 6. The van der Waals surface area contributed by atoms with E-state index < -0.39 is 12.0 Å². The molecule has 1 atom stereocenters. The Morgan fingerprint density at radius 3 is 2.35 bits per heavy atom. The highest BCUT2D eigenvalue weighted by molar-refractivity contribution is 9.10. The van der Waals surface area contributed by atoms with Crippen LogP contribution in [0, 0.1) is 0 Å². The quantitative estimate of drug-likeness (QED) is 0.184. The number of benzene rings is 2. The maximum Gasteiger partial charge on any atom is 0.358 e. The van der Waals surface area contributed by atoms with Crippen LogP contribution >= 0.6 is 39.1 Å². The molecule has 1 unspecified atom stereocenters. The molecule has 0 spiro atoms. The molecule has 2 heterocycles. The summed E-state index contributed by atoms with van der Waals surface area (Å²) in [7, 11) is 1.60. The first-order valence-corrected chi connectivity index (χ1v) is 14.2. The Balaban J connectivity index is 1.85. The first kappa shape index (κ1) is 29.7. The Kier molecular flexibility index (Phi) is 9.60. The van der Waals surface area contributed by atoms with Gasteiger partial charge in [0.2, 0.25) is 0 Å². The Bertz CT molecular complexity index is 1550. The highest BCUT2D eigenvalue weighted by Crippen LogP contribution is 2.34. The SMILES string of the molecule is CCOC(=O)c1nc(Br)n(C(C)C)c1C(Nc1cc(Cl)cn(Cc2ccc(OC)cc2)c1=O)c1ccc(Cl)cc1. The Labute approximate surface area is 251 Å². The summed E-state index contributed by atoms with van der Waals surface area (Å²) in [5.41, 5.74) is 2.29. The third-order valence-corrected chi connectivity index (χ3v) is 7.25. The monoisotopic (exact) mass is 646 g/mol. The second-order valence-electron chi connectivity index (χ2n) is 9.28. The summed E-state index contributed by atoms with van der Waals surface area (Å²) >= 11 is 16.2. The van der Waals surface area contributed by atoms with Crippen LogP contribution in [0.15, 0.2) is 70.3 Å². The number of nitrogens with one attached hydrogen (secondary N) is 1. The van der Waals surface area contributed by atoms with Crippen molar-refractivity contribution in [1.82, 2.24) is 14.1 Å². The Morgan fingerprint density at radius 1 is 1.07 bits per heavy atom. The van der Waals surface area contributed by atoms with Gasteiger partial charge in [-0.15, -0.1) is 0 Å². The molecule has 4 aromatic rings. The Morgan fingerprint density at radius 2 is 1.75 bits per heavy atom. The van der Waals surface area contributed by atoms with Gasteiger partial charge in [0.15, 0.2) is 10.4 Å². The number of hydrogen-bond donors (Lipinski definition) is 1. The zero-order valence-corrected chi connectivity index (χ0v) is 25.5. The second-order valence-corrected chi connectivity index (χ2v) is 10.9. The predicted molar refractivity (Wildman–Crippen MR) is 161 cm³/mol. The van der Waals surface area contributed by atoms with Gasteiger partial charge in [-0.2, -0.15) is 0 Å². The molecule has 210 valence electrons. The molecule has 0 saturated heterocycles. The average molecular weight is 648 g/mol. The summed E-state index contributed by atoms with van der Waals surface area (Å²) in [6.45, 7) is 6.18. The lowest BCUT2D eigenvalue weighted by molar-refractivity contribution is 0.0518. The van der Waals surface area contributed by atoms with Gasteiger partial charge in [-0.3, -0.25) is 4.79 Å². The van der Waals surface area contributed by atoms with Gasteiger partial charge in [-0.25, -0.2) is 9.78 Å². The lowest BCUT2D eigenvalue weighted by Gasteiger charge is -2.25. The number of ether oxygens (including phenoxy) is 2. The van der Waals surface area contributed by atoms with Gasteiger partial charge in [0.1, 0.15) is 11.4 Å². The van der Waals surface area contributed by atoms with Crippen molar-refractivity contribution in [2.75, 3.05) is 19.0 Å². The van der Waals surface area contributed by atoms with E-state index in [1.165, 1.54) is 4.57 Å². The summed E-state index contributed by atoms with van der Waals surface area (Å²) in [5.74, 6) is 0.155. The van der Waals surface area contributed by atoms with E-state index in [0.717, 1.165) is 16.9 Å². The number of carbonyl (C=O) groups is 1. The molecule has 2 aromatic heterocycles. The van der Waals surface area contributed by atoms with Gasteiger partial charge >= 0.3 is 5.97 Å². The fourth-order valence-electron chi connectivity index (χ4n) is 4.40. The molecule has 0 radical (unpaired) electrons. The number of methoxy groups -OCH3 is 1. The number of rotatable bonds is 10. The van der Waals surface area contributed by atoms with Crippen LogP contribution in [-0.4, -0.2) is 33.8 Å². The highest BCUT2D eigenvalue weighted by Gasteiger charge is 2.31. The maximum atomic E-state index is 13.7. The van der Waals surface area contributed by atoms with E-state index in [1.54, 1.807) is 38.4 Å². The molecule has 40 heavy (non-hydrogen) atoms. The minimum absolute atomic E-state index is 0.0808. The molecule has 11 heteroatoms. The standard InChI is InChI=1S/C29H29BrCl2N4O4/c1-5-40-28(38)25-26(36(17(2)3)29(30)34-25)24(19-8-10-20(31)11-9-19)33-23-14-21(32)16-35(27(23)37)15-18-6-12-22(39-4)13-7-18/h6-14,16-17,24,33H,5,15H2,1-4H3. The fourth-order valence-corrected chi connectivity index (χ4v) is 5.53. The number of aromatic nitrogens is 3. The molecule has 0 aliphatic carbocycles. The Hall–Kier alpha value is -3.27. The number of nitrogens with zero attached hydrogens (tertiary/aromatic N) is 3. The first-order valence-electron chi connectivity index (χ1n) is 12.6. The lowest BCUT2D eigenvalue weighted by atomic mass is 10.0. The summed E-state index contributed by atoms with van der Waals surface area (Å²) < 4.78 is 14.5. The van der Waals surface area contributed by atoms with Crippen molar-refractivity contribution in [1.29, 1.82) is 0 Å². The topological polar surface area (TPSA) is 87.4 Å². The molecule has 4 rings (SSSR count). The fraction of sp³-hybridized carbons (Fsp3) is 0.276. The first-order chi connectivity index (χ1) is 19.1. The van der Waals surface area contributed by atoms with Crippen molar-refractivity contribution < 1.29 is 14.3 Å². The second kappa shape index (κ2) is 12.9. The number of carbonyl (C=O) groups excluding carboxylic acids is 1. The minimum atomic E-state index is -0.682.